The van der Waals surface area contributed by atoms with E-state index in [1.165, 1.54) is 4.90 Å². The largest absolute Gasteiger partial charge is 0.493 e. The number of hydrogen-bond acceptors (Lipinski definition) is 3. The molecule has 0 spiro atoms. The van der Waals surface area contributed by atoms with Gasteiger partial charge in [0.2, 0.25) is 0 Å². The van der Waals surface area contributed by atoms with Gasteiger partial charge in [0.25, 0.3) is 0 Å². The van der Waals surface area contributed by atoms with Gasteiger partial charge in [0.1, 0.15) is 17.6 Å². The molecular formula is C15H18F3NO4. The zero-order valence-corrected chi connectivity index (χ0v) is 12.4. The lowest BCUT2D eigenvalue weighted by Crippen LogP contribution is -2.41. The Kier molecular flexibility index (Phi) is 5.57. The predicted molar refractivity (Wildman–Crippen MR) is 75.9 cm³/mol. The molecule has 0 aliphatic carbocycles. The summed E-state index contributed by atoms with van der Waals surface area (Å²) in [6.45, 7) is 0.439. The monoisotopic (exact) mass is 333 g/mol. The molecule has 128 valence electrons. The number of hydrogen-bond donors (Lipinski definition) is 1. The zero-order chi connectivity index (χ0) is 16.9. The third-order valence-corrected chi connectivity index (χ3v) is 3.49. The maximum atomic E-state index is 12.0. The number of benzene rings is 1. The molecule has 0 bridgehead atoms. The van der Waals surface area contributed by atoms with Crippen molar-refractivity contribution in [3.63, 3.8) is 0 Å². The zero-order valence-electron chi connectivity index (χ0n) is 12.4. The molecule has 2 rings (SSSR count). The van der Waals surface area contributed by atoms with Gasteiger partial charge in [0.05, 0.1) is 13.0 Å². The van der Waals surface area contributed by atoms with Crippen LogP contribution < -0.4 is 9.47 Å². The Morgan fingerprint density at radius 2 is 1.74 bits per heavy atom. The summed E-state index contributed by atoms with van der Waals surface area (Å²) >= 11 is 0. The summed E-state index contributed by atoms with van der Waals surface area (Å²) in [6, 6.07) is 6.37. The molecule has 1 N–H and O–H groups in total. The standard InChI is InChI=1S/C15H18F3NO4/c16-15(17,18)7-10-22-11-1-3-12(4-2-11)23-13-5-8-19(9-6-13)14(20)21/h1-4,13H,5-10H2,(H,20,21). The number of nitrogens with zero attached hydrogens (tertiary/aromatic N) is 1. The molecule has 0 aromatic heterocycles. The van der Waals surface area contributed by atoms with Crippen LogP contribution in [0.4, 0.5) is 18.0 Å². The maximum Gasteiger partial charge on any atom is 0.407 e. The Labute approximate surface area is 131 Å². The van der Waals surface area contributed by atoms with Crippen LogP contribution in [0.1, 0.15) is 19.3 Å². The summed E-state index contributed by atoms with van der Waals surface area (Å²) < 4.78 is 46.8. The van der Waals surface area contributed by atoms with Crippen molar-refractivity contribution in [3.05, 3.63) is 24.3 Å². The first-order valence-electron chi connectivity index (χ1n) is 7.27. The van der Waals surface area contributed by atoms with E-state index < -0.39 is 25.3 Å². The maximum absolute atomic E-state index is 12.0. The van der Waals surface area contributed by atoms with E-state index in [2.05, 4.69) is 0 Å². The van der Waals surface area contributed by atoms with Crippen LogP contribution in [-0.2, 0) is 0 Å². The summed E-state index contributed by atoms with van der Waals surface area (Å²) in [5.74, 6) is 0.934. The summed E-state index contributed by atoms with van der Waals surface area (Å²) in [5, 5.41) is 8.87. The van der Waals surface area contributed by atoms with Crippen LogP contribution in [0.15, 0.2) is 24.3 Å². The van der Waals surface area contributed by atoms with E-state index in [1.54, 1.807) is 24.3 Å². The highest BCUT2D eigenvalue weighted by molar-refractivity contribution is 5.65. The highest BCUT2D eigenvalue weighted by Gasteiger charge is 2.27. The molecule has 5 nitrogen and oxygen atoms in total. The first-order chi connectivity index (χ1) is 10.8. The average Bonchev–Trinajstić information content (AvgIpc) is 2.48. The molecule has 1 saturated heterocycles. The molecule has 1 aliphatic heterocycles. The summed E-state index contributed by atoms with van der Waals surface area (Å²) in [6.07, 6.45) is -5.00. The molecule has 1 heterocycles. The van der Waals surface area contributed by atoms with Crippen LogP contribution in [0.2, 0.25) is 0 Å². The van der Waals surface area contributed by atoms with Crippen molar-refractivity contribution in [2.75, 3.05) is 19.7 Å². The number of amides is 1. The third kappa shape index (κ3) is 5.88. The van der Waals surface area contributed by atoms with Crippen molar-refractivity contribution in [3.8, 4) is 11.5 Å². The quantitative estimate of drug-likeness (QED) is 0.895. The van der Waals surface area contributed by atoms with E-state index in [0.29, 0.717) is 37.4 Å². The smallest absolute Gasteiger partial charge is 0.407 e. The fourth-order valence-corrected chi connectivity index (χ4v) is 2.26. The van der Waals surface area contributed by atoms with Gasteiger partial charge in [-0.15, -0.1) is 0 Å². The molecule has 0 radical (unpaired) electrons. The van der Waals surface area contributed by atoms with Gasteiger partial charge in [-0.1, -0.05) is 0 Å². The number of halogens is 3. The lowest BCUT2D eigenvalue weighted by atomic mass is 10.1. The van der Waals surface area contributed by atoms with Gasteiger partial charge in [0, 0.05) is 25.9 Å². The van der Waals surface area contributed by atoms with Crippen LogP contribution in [-0.4, -0.2) is 48.1 Å². The van der Waals surface area contributed by atoms with E-state index in [0.717, 1.165) is 0 Å². The number of alkyl halides is 3. The number of piperidine rings is 1. The van der Waals surface area contributed by atoms with Gasteiger partial charge in [-0.25, -0.2) is 4.79 Å². The first-order valence-corrected chi connectivity index (χ1v) is 7.27. The molecule has 8 heteroatoms. The van der Waals surface area contributed by atoms with Gasteiger partial charge in [-0.05, 0) is 24.3 Å². The normalized spacial score (nSPS) is 16.2. The lowest BCUT2D eigenvalue weighted by Gasteiger charge is -2.30. The second-order valence-electron chi connectivity index (χ2n) is 5.27. The fraction of sp³-hybridized carbons (Fsp3) is 0.533. The van der Waals surface area contributed by atoms with Crippen molar-refractivity contribution in [1.82, 2.24) is 4.90 Å². The topological polar surface area (TPSA) is 59.0 Å². The molecule has 1 aromatic carbocycles. The molecular weight excluding hydrogens is 315 g/mol. The highest BCUT2D eigenvalue weighted by Crippen LogP contribution is 2.24. The molecule has 0 unspecified atom stereocenters. The van der Waals surface area contributed by atoms with Gasteiger partial charge >= 0.3 is 12.3 Å². The molecule has 1 aromatic rings. The minimum atomic E-state index is -4.23. The number of carboxylic acid groups (broad SMARTS) is 1. The number of ether oxygens (including phenoxy) is 2. The molecule has 23 heavy (non-hydrogen) atoms. The van der Waals surface area contributed by atoms with Crippen molar-refractivity contribution in [2.45, 2.75) is 31.5 Å². The molecule has 1 amide bonds. The Morgan fingerprint density at radius 3 is 2.26 bits per heavy atom. The fourth-order valence-electron chi connectivity index (χ4n) is 2.26. The van der Waals surface area contributed by atoms with E-state index in [-0.39, 0.29) is 6.10 Å². The van der Waals surface area contributed by atoms with Gasteiger partial charge in [-0.3, -0.25) is 0 Å². The van der Waals surface area contributed by atoms with Crippen molar-refractivity contribution in [1.29, 1.82) is 0 Å². The summed E-state index contributed by atoms with van der Waals surface area (Å²) in [5.41, 5.74) is 0. The molecule has 1 fully saturated rings. The lowest BCUT2D eigenvalue weighted by molar-refractivity contribution is -0.139. The summed E-state index contributed by atoms with van der Waals surface area (Å²) in [4.78, 5) is 12.2. The molecule has 0 atom stereocenters. The van der Waals surface area contributed by atoms with E-state index in [1.807, 2.05) is 0 Å². The number of likely N-dealkylation sites (tertiary alicyclic amines) is 1. The van der Waals surface area contributed by atoms with E-state index >= 15 is 0 Å². The second-order valence-corrected chi connectivity index (χ2v) is 5.27. The van der Waals surface area contributed by atoms with Crippen molar-refractivity contribution in [2.24, 2.45) is 0 Å². The Hall–Kier alpha value is -2.12. The third-order valence-electron chi connectivity index (χ3n) is 3.49. The van der Waals surface area contributed by atoms with Crippen LogP contribution >= 0.6 is 0 Å². The minimum Gasteiger partial charge on any atom is -0.493 e. The average molecular weight is 333 g/mol. The van der Waals surface area contributed by atoms with Crippen LogP contribution in [0, 0.1) is 0 Å². The highest BCUT2D eigenvalue weighted by atomic mass is 19.4. The van der Waals surface area contributed by atoms with Gasteiger partial charge < -0.3 is 19.5 Å². The number of rotatable bonds is 5. The van der Waals surface area contributed by atoms with Crippen molar-refractivity contribution < 1.29 is 32.5 Å². The first kappa shape index (κ1) is 17.2. The molecule has 0 saturated carbocycles. The van der Waals surface area contributed by atoms with Gasteiger partial charge in [0.15, 0.2) is 0 Å². The van der Waals surface area contributed by atoms with Gasteiger partial charge in [-0.2, -0.15) is 13.2 Å². The Bertz CT molecular complexity index is 510. The Morgan fingerprint density at radius 1 is 1.17 bits per heavy atom. The number of carbonyl (C=O) groups is 1. The SMILES string of the molecule is O=C(O)N1CCC(Oc2ccc(OCCC(F)(F)F)cc2)CC1. The van der Waals surface area contributed by atoms with Crippen LogP contribution in [0.3, 0.4) is 0 Å². The van der Waals surface area contributed by atoms with E-state index in [4.69, 9.17) is 14.6 Å². The predicted octanol–water partition coefficient (Wildman–Crippen LogP) is 3.54. The van der Waals surface area contributed by atoms with E-state index in [9.17, 15) is 18.0 Å². The molecule has 1 aliphatic rings. The van der Waals surface area contributed by atoms with Crippen LogP contribution in [0.25, 0.3) is 0 Å². The minimum absolute atomic E-state index is 0.0670. The summed E-state index contributed by atoms with van der Waals surface area (Å²) in [7, 11) is 0. The van der Waals surface area contributed by atoms with Crippen LogP contribution in [0.5, 0.6) is 11.5 Å². The Balaban J connectivity index is 1.76. The second kappa shape index (κ2) is 7.43. The van der Waals surface area contributed by atoms with Crippen molar-refractivity contribution >= 4 is 6.09 Å².